The molecule has 0 saturated carbocycles. The van der Waals surface area contributed by atoms with Crippen molar-refractivity contribution in [1.82, 2.24) is 34.1 Å². The van der Waals surface area contributed by atoms with Crippen LogP contribution in [0.5, 0.6) is 0 Å². The Morgan fingerprint density at radius 3 is 2.84 bits per heavy atom. The average molecular weight is 291 g/mol. The maximum atomic E-state index is 4.29. The molecule has 3 rings (SSSR count). The van der Waals surface area contributed by atoms with E-state index in [1.54, 1.807) is 18.6 Å². The summed E-state index contributed by atoms with van der Waals surface area (Å²) in [6.07, 6.45) is 4.91. The van der Waals surface area contributed by atoms with Crippen LogP contribution in [-0.4, -0.2) is 34.1 Å². The highest BCUT2D eigenvalue weighted by Gasteiger charge is 2.14. The van der Waals surface area contributed by atoms with Gasteiger partial charge in [0.2, 0.25) is 0 Å². The van der Waals surface area contributed by atoms with E-state index in [-0.39, 0.29) is 0 Å². The Hall–Kier alpha value is -1.87. The van der Waals surface area contributed by atoms with E-state index in [1.165, 1.54) is 23.3 Å². The first-order valence-electron chi connectivity index (χ1n) is 5.38. The van der Waals surface area contributed by atoms with E-state index < -0.39 is 0 Å². The summed E-state index contributed by atoms with van der Waals surface area (Å²) in [6, 6.07) is 0. The summed E-state index contributed by atoms with van der Waals surface area (Å²) in [6.45, 7) is 1.86. The van der Waals surface area contributed by atoms with Crippen LogP contribution in [0.1, 0.15) is 5.82 Å². The Balaban J connectivity index is 1.91. The first-order valence-corrected chi connectivity index (χ1v) is 6.97. The lowest BCUT2D eigenvalue weighted by molar-refractivity contribution is 0.791. The molecule has 19 heavy (non-hydrogen) atoms. The largest absolute Gasteiger partial charge is 0.303 e. The number of hydrogen-bond acceptors (Lipinski definition) is 8. The van der Waals surface area contributed by atoms with Gasteiger partial charge in [-0.1, -0.05) is 0 Å². The molecule has 0 atom stereocenters. The normalized spacial score (nSPS) is 10.8. The molecule has 0 aliphatic rings. The predicted octanol–water partition coefficient (Wildman–Crippen LogP) is 1.58. The van der Waals surface area contributed by atoms with Gasteiger partial charge in [-0.15, -0.1) is 10.2 Å². The van der Waals surface area contributed by atoms with Crippen molar-refractivity contribution in [1.29, 1.82) is 0 Å². The topological polar surface area (TPSA) is 82.3 Å². The molecule has 0 amide bonds. The molecule has 0 aliphatic carbocycles. The number of aryl methyl sites for hydroxylation is 1. The van der Waals surface area contributed by atoms with Gasteiger partial charge in [0.1, 0.15) is 11.5 Å². The maximum absolute atomic E-state index is 4.29. The van der Waals surface area contributed by atoms with Crippen LogP contribution in [-0.2, 0) is 7.05 Å². The van der Waals surface area contributed by atoms with Gasteiger partial charge in [-0.25, -0.2) is 9.97 Å². The standard InChI is InChI=1S/C10H9N7S2/c1-6-13-10(19-16-6)18-9-15-14-8(17(9)2)7-5-11-3-4-12-7/h3-5H,1-2H3. The second-order valence-corrected chi connectivity index (χ2v) is 5.63. The smallest absolute Gasteiger partial charge is 0.198 e. The van der Waals surface area contributed by atoms with Crippen molar-refractivity contribution in [2.45, 2.75) is 16.4 Å². The lowest BCUT2D eigenvalue weighted by Gasteiger charge is -2.00. The fourth-order valence-electron chi connectivity index (χ4n) is 1.44. The van der Waals surface area contributed by atoms with Gasteiger partial charge in [0, 0.05) is 19.4 Å². The lowest BCUT2D eigenvalue weighted by Crippen LogP contribution is -1.96. The Kier molecular flexibility index (Phi) is 3.22. The van der Waals surface area contributed by atoms with E-state index in [0.29, 0.717) is 11.5 Å². The van der Waals surface area contributed by atoms with Gasteiger partial charge in [0.05, 0.1) is 6.20 Å². The Morgan fingerprint density at radius 2 is 2.16 bits per heavy atom. The summed E-state index contributed by atoms with van der Waals surface area (Å²) < 4.78 is 6.85. The zero-order valence-corrected chi connectivity index (χ0v) is 11.8. The van der Waals surface area contributed by atoms with Gasteiger partial charge in [-0.05, 0) is 30.2 Å². The third kappa shape index (κ3) is 2.47. The monoisotopic (exact) mass is 291 g/mol. The van der Waals surface area contributed by atoms with Crippen molar-refractivity contribution in [2.75, 3.05) is 0 Å². The minimum Gasteiger partial charge on any atom is -0.303 e. The van der Waals surface area contributed by atoms with Gasteiger partial charge in [0.15, 0.2) is 15.3 Å². The lowest BCUT2D eigenvalue weighted by atomic mass is 10.4. The molecule has 7 nitrogen and oxygen atoms in total. The molecule has 3 heterocycles. The Labute approximate surface area is 117 Å². The number of nitrogens with zero attached hydrogens (tertiary/aromatic N) is 7. The zero-order chi connectivity index (χ0) is 13.2. The van der Waals surface area contributed by atoms with Crippen molar-refractivity contribution in [3.8, 4) is 11.5 Å². The molecule has 0 bridgehead atoms. The quantitative estimate of drug-likeness (QED) is 0.724. The molecule has 0 spiro atoms. The maximum Gasteiger partial charge on any atom is 0.198 e. The first kappa shape index (κ1) is 12.2. The Morgan fingerprint density at radius 1 is 1.26 bits per heavy atom. The number of rotatable bonds is 3. The molecule has 0 aliphatic heterocycles. The molecule has 0 aromatic carbocycles. The second kappa shape index (κ2) is 5.02. The molecule has 0 saturated heterocycles. The van der Waals surface area contributed by atoms with Crippen LogP contribution < -0.4 is 0 Å². The van der Waals surface area contributed by atoms with Gasteiger partial charge in [-0.3, -0.25) is 4.98 Å². The van der Waals surface area contributed by atoms with E-state index in [1.807, 2.05) is 18.5 Å². The van der Waals surface area contributed by atoms with Crippen LogP contribution in [0.25, 0.3) is 11.5 Å². The summed E-state index contributed by atoms with van der Waals surface area (Å²) >= 11 is 2.79. The molecular formula is C10H9N7S2. The highest BCUT2D eigenvalue weighted by Crippen LogP contribution is 2.28. The molecule has 0 fully saturated rings. The van der Waals surface area contributed by atoms with Crippen LogP contribution in [0, 0.1) is 6.92 Å². The van der Waals surface area contributed by atoms with Crippen LogP contribution in [0.15, 0.2) is 28.1 Å². The first-order chi connectivity index (χ1) is 9.24. The van der Waals surface area contributed by atoms with Crippen LogP contribution in [0.3, 0.4) is 0 Å². The van der Waals surface area contributed by atoms with Gasteiger partial charge in [-0.2, -0.15) is 4.37 Å². The summed E-state index contributed by atoms with van der Waals surface area (Å²) in [5, 5.41) is 9.03. The second-order valence-electron chi connectivity index (χ2n) is 3.67. The van der Waals surface area contributed by atoms with E-state index in [0.717, 1.165) is 15.3 Å². The molecule has 3 aromatic rings. The fraction of sp³-hybridized carbons (Fsp3) is 0.200. The average Bonchev–Trinajstić information content (AvgIpc) is 2.99. The minimum absolute atomic E-state index is 0.678. The van der Waals surface area contributed by atoms with E-state index in [4.69, 9.17) is 0 Å². The van der Waals surface area contributed by atoms with E-state index >= 15 is 0 Å². The van der Waals surface area contributed by atoms with E-state index in [9.17, 15) is 0 Å². The SMILES string of the molecule is Cc1nsc(Sc2nnc(-c3cnccn3)n2C)n1. The predicted molar refractivity (Wildman–Crippen MR) is 70.8 cm³/mol. The third-order valence-electron chi connectivity index (χ3n) is 2.31. The number of aromatic nitrogens is 7. The highest BCUT2D eigenvalue weighted by molar-refractivity contribution is 8.00. The van der Waals surface area contributed by atoms with Gasteiger partial charge < -0.3 is 4.57 Å². The van der Waals surface area contributed by atoms with Crippen molar-refractivity contribution < 1.29 is 0 Å². The zero-order valence-electron chi connectivity index (χ0n) is 10.2. The van der Waals surface area contributed by atoms with Crippen LogP contribution in [0.2, 0.25) is 0 Å². The van der Waals surface area contributed by atoms with E-state index in [2.05, 4.69) is 29.5 Å². The number of hydrogen-bond donors (Lipinski definition) is 0. The molecule has 3 aromatic heterocycles. The highest BCUT2D eigenvalue weighted by atomic mass is 32.2. The molecule has 96 valence electrons. The summed E-state index contributed by atoms with van der Waals surface area (Å²) in [5.41, 5.74) is 0.692. The molecule has 0 unspecified atom stereocenters. The molecule has 9 heteroatoms. The van der Waals surface area contributed by atoms with Gasteiger partial charge >= 0.3 is 0 Å². The van der Waals surface area contributed by atoms with Crippen LogP contribution in [0.4, 0.5) is 0 Å². The fourth-order valence-corrected chi connectivity index (χ4v) is 2.99. The van der Waals surface area contributed by atoms with Crippen molar-refractivity contribution in [2.24, 2.45) is 7.05 Å². The summed E-state index contributed by atoms with van der Waals surface area (Å²) in [5.74, 6) is 1.45. The van der Waals surface area contributed by atoms with Crippen molar-refractivity contribution >= 4 is 23.3 Å². The molecule has 0 N–H and O–H groups in total. The van der Waals surface area contributed by atoms with Crippen LogP contribution >= 0.6 is 23.3 Å². The third-order valence-corrected chi connectivity index (χ3v) is 4.20. The summed E-state index contributed by atoms with van der Waals surface area (Å²) in [4.78, 5) is 12.5. The van der Waals surface area contributed by atoms with Crippen molar-refractivity contribution in [3.63, 3.8) is 0 Å². The summed E-state index contributed by atoms with van der Waals surface area (Å²) in [7, 11) is 1.89. The molecular weight excluding hydrogens is 282 g/mol. The van der Waals surface area contributed by atoms with Crippen molar-refractivity contribution in [3.05, 3.63) is 24.4 Å². The molecule has 0 radical (unpaired) electrons. The minimum atomic E-state index is 0.678. The Bertz CT molecular complexity index is 691. The van der Waals surface area contributed by atoms with Gasteiger partial charge in [0.25, 0.3) is 0 Å².